The van der Waals surface area contributed by atoms with Gasteiger partial charge in [0, 0.05) is 31.2 Å². The lowest BCUT2D eigenvalue weighted by molar-refractivity contribution is 0.0327. The Kier molecular flexibility index (Phi) is 4.81. The van der Waals surface area contributed by atoms with Crippen LogP contribution in [-0.2, 0) is 4.74 Å². The summed E-state index contributed by atoms with van der Waals surface area (Å²) in [7, 11) is 1.77. The zero-order valence-corrected chi connectivity index (χ0v) is 13.2. The summed E-state index contributed by atoms with van der Waals surface area (Å²) in [6.07, 6.45) is 2.49. The molecule has 1 aromatic rings. The summed E-state index contributed by atoms with van der Waals surface area (Å²) in [5.74, 6) is 3.11. The number of aromatic nitrogens is 2. The van der Waals surface area contributed by atoms with E-state index in [0.717, 1.165) is 42.4 Å². The van der Waals surface area contributed by atoms with Crippen LogP contribution in [0, 0.1) is 6.92 Å². The molecule has 2 N–H and O–H groups in total. The van der Waals surface area contributed by atoms with Crippen LogP contribution >= 0.6 is 0 Å². The number of nitrogens with zero attached hydrogens (tertiary/aromatic N) is 2. The van der Waals surface area contributed by atoms with Crippen LogP contribution in [0.1, 0.15) is 50.9 Å². The minimum Gasteiger partial charge on any atom is -0.381 e. The molecule has 1 aromatic heterocycles. The molecule has 0 saturated heterocycles. The van der Waals surface area contributed by atoms with Crippen LogP contribution in [0.2, 0.25) is 0 Å². The van der Waals surface area contributed by atoms with Gasteiger partial charge in [-0.05, 0) is 26.7 Å². The smallest absolute Gasteiger partial charge is 0.135 e. The molecule has 1 saturated carbocycles. The molecule has 5 nitrogen and oxygen atoms in total. The second-order valence-electron chi connectivity index (χ2n) is 5.76. The van der Waals surface area contributed by atoms with Crippen molar-refractivity contribution in [3.8, 4) is 0 Å². The normalized spacial score (nSPS) is 21.7. The number of nitrogens with one attached hydrogen (secondary N) is 2. The third-order valence-corrected chi connectivity index (χ3v) is 3.79. The van der Waals surface area contributed by atoms with Crippen molar-refractivity contribution < 1.29 is 4.74 Å². The van der Waals surface area contributed by atoms with Crippen molar-refractivity contribution in [2.24, 2.45) is 0 Å². The molecular weight excluding hydrogens is 252 g/mol. The van der Waals surface area contributed by atoms with E-state index in [2.05, 4.69) is 48.3 Å². The van der Waals surface area contributed by atoms with E-state index in [1.54, 1.807) is 7.11 Å². The van der Waals surface area contributed by atoms with Gasteiger partial charge < -0.3 is 15.4 Å². The highest BCUT2D eigenvalue weighted by Crippen LogP contribution is 2.29. The van der Waals surface area contributed by atoms with E-state index in [1.165, 1.54) is 0 Å². The van der Waals surface area contributed by atoms with Gasteiger partial charge in [0.25, 0.3) is 0 Å². The Morgan fingerprint density at radius 1 is 1.25 bits per heavy atom. The Labute approximate surface area is 121 Å². The van der Waals surface area contributed by atoms with Crippen molar-refractivity contribution in [2.75, 3.05) is 24.3 Å². The first kappa shape index (κ1) is 15.0. The molecule has 5 heteroatoms. The SMILES string of the molecule is CCNc1nc(C(C)C)nc(NC2CC(OC)C2)c1C. The first-order chi connectivity index (χ1) is 9.55. The zero-order valence-electron chi connectivity index (χ0n) is 13.2. The van der Waals surface area contributed by atoms with Crippen LogP contribution in [-0.4, -0.2) is 35.8 Å². The maximum absolute atomic E-state index is 5.32. The van der Waals surface area contributed by atoms with Crippen molar-refractivity contribution in [3.63, 3.8) is 0 Å². The van der Waals surface area contributed by atoms with Gasteiger partial charge in [-0.25, -0.2) is 9.97 Å². The van der Waals surface area contributed by atoms with Crippen LogP contribution in [0.15, 0.2) is 0 Å². The molecule has 0 atom stereocenters. The number of anilines is 2. The number of rotatable bonds is 6. The molecule has 112 valence electrons. The van der Waals surface area contributed by atoms with Crippen molar-refractivity contribution in [1.29, 1.82) is 0 Å². The maximum atomic E-state index is 5.32. The average Bonchev–Trinajstić information content (AvgIpc) is 2.37. The van der Waals surface area contributed by atoms with E-state index in [9.17, 15) is 0 Å². The second-order valence-corrected chi connectivity index (χ2v) is 5.76. The topological polar surface area (TPSA) is 59.1 Å². The van der Waals surface area contributed by atoms with Crippen molar-refractivity contribution in [2.45, 2.75) is 58.6 Å². The van der Waals surface area contributed by atoms with Crippen LogP contribution in [0.25, 0.3) is 0 Å². The Bertz CT molecular complexity index is 455. The van der Waals surface area contributed by atoms with E-state index < -0.39 is 0 Å². The molecule has 0 spiro atoms. The summed E-state index contributed by atoms with van der Waals surface area (Å²) < 4.78 is 5.32. The monoisotopic (exact) mass is 278 g/mol. The fourth-order valence-corrected chi connectivity index (χ4v) is 2.34. The maximum Gasteiger partial charge on any atom is 0.135 e. The first-order valence-electron chi connectivity index (χ1n) is 7.46. The molecule has 1 aliphatic carbocycles. The highest BCUT2D eigenvalue weighted by atomic mass is 16.5. The molecule has 0 aromatic carbocycles. The number of hydrogen-bond acceptors (Lipinski definition) is 5. The molecule has 0 amide bonds. The van der Waals surface area contributed by atoms with Crippen LogP contribution in [0.3, 0.4) is 0 Å². The van der Waals surface area contributed by atoms with Gasteiger partial charge in [0.05, 0.1) is 6.10 Å². The lowest BCUT2D eigenvalue weighted by Gasteiger charge is -2.35. The van der Waals surface area contributed by atoms with E-state index in [1.807, 2.05) is 0 Å². The van der Waals surface area contributed by atoms with Gasteiger partial charge in [-0.3, -0.25) is 0 Å². The van der Waals surface area contributed by atoms with E-state index in [4.69, 9.17) is 4.74 Å². The number of hydrogen-bond donors (Lipinski definition) is 2. The summed E-state index contributed by atoms with van der Waals surface area (Å²) in [6, 6.07) is 0.461. The van der Waals surface area contributed by atoms with Gasteiger partial charge in [0.2, 0.25) is 0 Å². The number of ether oxygens (including phenoxy) is 1. The molecule has 0 unspecified atom stereocenters. The molecule has 0 bridgehead atoms. The highest BCUT2D eigenvalue weighted by molar-refractivity contribution is 5.58. The summed E-state index contributed by atoms with van der Waals surface area (Å²) in [6.45, 7) is 9.25. The van der Waals surface area contributed by atoms with Gasteiger partial charge >= 0.3 is 0 Å². The lowest BCUT2D eigenvalue weighted by atomic mass is 9.89. The Morgan fingerprint density at radius 2 is 1.90 bits per heavy atom. The standard InChI is InChI=1S/C15H26N4O/c1-6-16-14-10(4)15(19-13(18-14)9(2)3)17-11-7-12(8-11)20-5/h9,11-12H,6-8H2,1-5H3,(H2,16,17,18,19). The third kappa shape index (κ3) is 3.20. The molecule has 2 rings (SSSR count). The van der Waals surface area contributed by atoms with E-state index in [0.29, 0.717) is 18.1 Å². The van der Waals surface area contributed by atoms with Crippen molar-refractivity contribution in [1.82, 2.24) is 9.97 Å². The van der Waals surface area contributed by atoms with Crippen LogP contribution in [0.5, 0.6) is 0 Å². The van der Waals surface area contributed by atoms with Crippen LogP contribution in [0.4, 0.5) is 11.6 Å². The average molecular weight is 278 g/mol. The number of methoxy groups -OCH3 is 1. The molecule has 20 heavy (non-hydrogen) atoms. The predicted octanol–water partition coefficient (Wildman–Crippen LogP) is 2.93. The predicted molar refractivity (Wildman–Crippen MR) is 82.5 cm³/mol. The summed E-state index contributed by atoms with van der Waals surface area (Å²) in [4.78, 5) is 9.30. The lowest BCUT2D eigenvalue weighted by Crippen LogP contribution is -2.40. The second kappa shape index (κ2) is 6.39. The van der Waals surface area contributed by atoms with Gasteiger partial charge in [-0.2, -0.15) is 0 Å². The molecule has 1 heterocycles. The molecule has 1 aliphatic rings. The zero-order chi connectivity index (χ0) is 14.7. The summed E-state index contributed by atoms with van der Waals surface area (Å²) >= 11 is 0. The minimum absolute atomic E-state index is 0.321. The van der Waals surface area contributed by atoms with Gasteiger partial charge in [-0.15, -0.1) is 0 Å². The van der Waals surface area contributed by atoms with Crippen LogP contribution < -0.4 is 10.6 Å². The molecular formula is C15H26N4O. The van der Waals surface area contributed by atoms with Gasteiger partial charge in [0.15, 0.2) is 0 Å². The molecule has 0 aliphatic heterocycles. The van der Waals surface area contributed by atoms with E-state index in [-0.39, 0.29) is 0 Å². The molecule has 0 radical (unpaired) electrons. The summed E-state index contributed by atoms with van der Waals surface area (Å²) in [5.41, 5.74) is 1.09. The third-order valence-electron chi connectivity index (χ3n) is 3.79. The highest BCUT2D eigenvalue weighted by Gasteiger charge is 2.29. The quantitative estimate of drug-likeness (QED) is 0.838. The minimum atomic E-state index is 0.321. The Balaban J connectivity index is 2.17. The van der Waals surface area contributed by atoms with E-state index >= 15 is 0 Å². The fraction of sp³-hybridized carbons (Fsp3) is 0.733. The Hall–Kier alpha value is -1.36. The van der Waals surface area contributed by atoms with Gasteiger partial charge in [-0.1, -0.05) is 13.8 Å². The molecule has 1 fully saturated rings. The van der Waals surface area contributed by atoms with Gasteiger partial charge in [0.1, 0.15) is 17.5 Å². The largest absolute Gasteiger partial charge is 0.381 e. The first-order valence-corrected chi connectivity index (χ1v) is 7.46. The Morgan fingerprint density at radius 3 is 2.45 bits per heavy atom. The summed E-state index contributed by atoms with van der Waals surface area (Å²) in [5, 5.41) is 6.86. The fourth-order valence-electron chi connectivity index (χ4n) is 2.34. The van der Waals surface area contributed by atoms with Crippen molar-refractivity contribution >= 4 is 11.6 Å². The van der Waals surface area contributed by atoms with Crippen molar-refractivity contribution in [3.05, 3.63) is 11.4 Å².